The van der Waals surface area contributed by atoms with Crippen LogP contribution in [0.15, 0.2) is 70.6 Å². The summed E-state index contributed by atoms with van der Waals surface area (Å²) in [6.07, 6.45) is 0.370. The number of carbonyl (C=O) groups excluding carboxylic acids is 1. The van der Waals surface area contributed by atoms with Gasteiger partial charge in [0.1, 0.15) is 0 Å². The zero-order valence-electron chi connectivity index (χ0n) is 17.1. The van der Waals surface area contributed by atoms with Crippen LogP contribution >= 0.6 is 12.4 Å². The van der Waals surface area contributed by atoms with Crippen molar-refractivity contribution in [1.82, 2.24) is 15.1 Å². The SMILES string of the molecule is CN(C)CCC(=O)Nc1ccc2c(S(=O)(=O)c3cccc4ccccc34)n[nH]c2c1.Cl. The molecule has 9 heteroatoms. The van der Waals surface area contributed by atoms with Crippen LogP contribution in [-0.2, 0) is 14.6 Å². The number of halogens is 1. The molecule has 2 N–H and O–H groups in total. The highest BCUT2D eigenvalue weighted by Crippen LogP contribution is 2.31. The number of aromatic nitrogens is 2. The fraction of sp³-hybridized carbons (Fsp3) is 0.182. The third-order valence-electron chi connectivity index (χ3n) is 4.89. The Labute approximate surface area is 186 Å². The number of nitrogens with one attached hydrogen (secondary N) is 2. The molecule has 0 bridgehead atoms. The van der Waals surface area contributed by atoms with Gasteiger partial charge in [-0.25, -0.2) is 8.42 Å². The van der Waals surface area contributed by atoms with Crippen LogP contribution in [0.5, 0.6) is 0 Å². The van der Waals surface area contributed by atoms with Crippen LogP contribution in [0.4, 0.5) is 5.69 Å². The summed E-state index contributed by atoms with van der Waals surface area (Å²) in [4.78, 5) is 14.2. The Morgan fingerprint density at radius 3 is 2.55 bits per heavy atom. The Hall–Kier alpha value is -2.94. The van der Waals surface area contributed by atoms with E-state index in [1.807, 2.05) is 43.3 Å². The van der Waals surface area contributed by atoms with Gasteiger partial charge in [0.05, 0.1) is 10.4 Å². The monoisotopic (exact) mass is 458 g/mol. The maximum atomic E-state index is 13.4. The fourth-order valence-corrected chi connectivity index (χ4v) is 4.93. The van der Waals surface area contributed by atoms with E-state index in [-0.39, 0.29) is 28.2 Å². The number of hydrogen-bond acceptors (Lipinski definition) is 5. The Kier molecular flexibility index (Phi) is 6.64. The number of rotatable bonds is 6. The van der Waals surface area contributed by atoms with Crippen LogP contribution in [0.25, 0.3) is 21.7 Å². The summed E-state index contributed by atoms with van der Waals surface area (Å²) < 4.78 is 26.8. The topological polar surface area (TPSA) is 95.2 Å². The van der Waals surface area contributed by atoms with Gasteiger partial charge in [-0.15, -0.1) is 12.4 Å². The molecule has 7 nitrogen and oxygen atoms in total. The van der Waals surface area contributed by atoms with Crippen LogP contribution in [-0.4, -0.2) is 50.1 Å². The van der Waals surface area contributed by atoms with E-state index in [9.17, 15) is 13.2 Å². The third kappa shape index (κ3) is 4.56. The average molecular weight is 459 g/mol. The largest absolute Gasteiger partial charge is 0.326 e. The van der Waals surface area contributed by atoms with Gasteiger partial charge in [-0.2, -0.15) is 5.10 Å². The van der Waals surface area contributed by atoms with Crippen molar-refractivity contribution in [2.75, 3.05) is 26.0 Å². The van der Waals surface area contributed by atoms with Gasteiger partial charge in [-0.05, 0) is 43.7 Å². The minimum atomic E-state index is -3.84. The Bertz CT molecular complexity index is 1340. The van der Waals surface area contributed by atoms with E-state index < -0.39 is 9.84 Å². The molecular formula is C22H23ClN4O3S. The van der Waals surface area contributed by atoms with Crippen molar-refractivity contribution in [2.45, 2.75) is 16.3 Å². The van der Waals surface area contributed by atoms with Gasteiger partial charge >= 0.3 is 0 Å². The molecule has 0 aliphatic rings. The molecule has 0 saturated heterocycles. The van der Waals surface area contributed by atoms with Crippen molar-refractivity contribution in [2.24, 2.45) is 0 Å². The summed E-state index contributed by atoms with van der Waals surface area (Å²) in [7, 11) is -0.0289. The molecule has 4 aromatic rings. The highest BCUT2D eigenvalue weighted by molar-refractivity contribution is 7.91. The smallest absolute Gasteiger partial charge is 0.226 e. The molecule has 0 saturated carbocycles. The minimum Gasteiger partial charge on any atom is -0.326 e. The van der Waals surface area contributed by atoms with E-state index in [0.29, 0.717) is 34.9 Å². The number of nitrogens with zero attached hydrogens (tertiary/aromatic N) is 2. The molecule has 0 aliphatic carbocycles. The van der Waals surface area contributed by atoms with Gasteiger partial charge in [0.2, 0.25) is 15.7 Å². The Morgan fingerprint density at radius 2 is 1.77 bits per heavy atom. The number of carbonyl (C=O) groups is 1. The van der Waals surface area contributed by atoms with Crippen molar-refractivity contribution in [3.63, 3.8) is 0 Å². The molecule has 4 rings (SSSR count). The van der Waals surface area contributed by atoms with Gasteiger partial charge in [0.15, 0.2) is 5.03 Å². The number of sulfone groups is 1. The summed E-state index contributed by atoms with van der Waals surface area (Å²) in [5.41, 5.74) is 1.13. The van der Waals surface area contributed by atoms with E-state index in [1.165, 1.54) is 0 Å². The normalized spacial score (nSPS) is 11.6. The van der Waals surface area contributed by atoms with E-state index in [0.717, 1.165) is 5.39 Å². The van der Waals surface area contributed by atoms with Gasteiger partial charge < -0.3 is 10.2 Å². The molecule has 162 valence electrons. The quantitative estimate of drug-likeness (QED) is 0.457. The lowest BCUT2D eigenvalue weighted by Gasteiger charge is -2.10. The first-order chi connectivity index (χ1) is 14.4. The first-order valence-corrected chi connectivity index (χ1v) is 11.0. The summed E-state index contributed by atoms with van der Waals surface area (Å²) in [5, 5.41) is 11.7. The molecule has 0 atom stereocenters. The lowest BCUT2D eigenvalue weighted by molar-refractivity contribution is -0.116. The van der Waals surface area contributed by atoms with Gasteiger partial charge in [0, 0.05) is 29.4 Å². The molecule has 0 spiro atoms. The fourth-order valence-electron chi connectivity index (χ4n) is 3.36. The molecule has 1 amide bonds. The van der Waals surface area contributed by atoms with Crippen molar-refractivity contribution in [1.29, 1.82) is 0 Å². The summed E-state index contributed by atoms with van der Waals surface area (Å²) >= 11 is 0. The molecule has 0 fully saturated rings. The predicted octanol–water partition coefficient (Wildman–Crippen LogP) is 3.86. The zero-order valence-corrected chi connectivity index (χ0v) is 18.8. The standard InChI is InChI=1S/C22H22N4O3S.ClH/c1-26(2)13-12-21(27)23-16-10-11-18-19(14-16)24-25-22(18)30(28,29)20-9-5-7-15-6-3-4-8-17(15)20;/h3-11,14H,12-13H2,1-2H3,(H,23,27)(H,24,25);1H. The number of benzene rings is 3. The van der Waals surface area contributed by atoms with Crippen LogP contribution < -0.4 is 5.32 Å². The second-order valence-electron chi connectivity index (χ2n) is 7.37. The molecule has 31 heavy (non-hydrogen) atoms. The summed E-state index contributed by atoms with van der Waals surface area (Å²) in [6.45, 7) is 0.644. The Balaban J connectivity index is 0.00000272. The maximum absolute atomic E-state index is 13.4. The number of H-pyrrole nitrogens is 1. The molecule has 0 unspecified atom stereocenters. The second-order valence-corrected chi connectivity index (χ2v) is 9.20. The number of hydrogen-bond donors (Lipinski definition) is 2. The van der Waals surface area contributed by atoms with Crippen LogP contribution in [0.2, 0.25) is 0 Å². The maximum Gasteiger partial charge on any atom is 0.226 e. The van der Waals surface area contributed by atoms with Crippen molar-refractivity contribution >= 4 is 55.5 Å². The number of fused-ring (bicyclic) bond motifs is 2. The van der Waals surface area contributed by atoms with Crippen molar-refractivity contribution in [3.8, 4) is 0 Å². The first-order valence-electron chi connectivity index (χ1n) is 9.52. The predicted molar refractivity (Wildman–Crippen MR) is 125 cm³/mol. The lowest BCUT2D eigenvalue weighted by atomic mass is 10.1. The van der Waals surface area contributed by atoms with Crippen LogP contribution in [0.3, 0.4) is 0 Å². The van der Waals surface area contributed by atoms with Crippen LogP contribution in [0.1, 0.15) is 6.42 Å². The van der Waals surface area contributed by atoms with Crippen molar-refractivity contribution in [3.05, 3.63) is 60.7 Å². The minimum absolute atomic E-state index is 0. The third-order valence-corrected chi connectivity index (χ3v) is 6.65. The van der Waals surface area contributed by atoms with E-state index in [2.05, 4.69) is 15.5 Å². The van der Waals surface area contributed by atoms with Crippen molar-refractivity contribution < 1.29 is 13.2 Å². The number of anilines is 1. The Morgan fingerprint density at radius 1 is 1.03 bits per heavy atom. The highest BCUT2D eigenvalue weighted by atomic mass is 35.5. The molecular weight excluding hydrogens is 436 g/mol. The molecule has 1 aromatic heterocycles. The van der Waals surface area contributed by atoms with Gasteiger partial charge in [-0.1, -0.05) is 36.4 Å². The summed E-state index contributed by atoms with van der Waals surface area (Å²) in [6, 6.07) is 17.6. The number of aromatic amines is 1. The van der Waals surface area contributed by atoms with Gasteiger partial charge in [0.25, 0.3) is 0 Å². The molecule has 0 radical (unpaired) electrons. The first kappa shape index (κ1) is 22.7. The van der Waals surface area contributed by atoms with E-state index in [1.54, 1.807) is 36.4 Å². The number of amides is 1. The highest BCUT2D eigenvalue weighted by Gasteiger charge is 2.25. The lowest BCUT2D eigenvalue weighted by Crippen LogP contribution is -2.20. The zero-order chi connectivity index (χ0) is 21.3. The van der Waals surface area contributed by atoms with Gasteiger partial charge in [-0.3, -0.25) is 9.89 Å². The molecule has 3 aromatic carbocycles. The van der Waals surface area contributed by atoms with Crippen LogP contribution in [0, 0.1) is 0 Å². The average Bonchev–Trinajstić information content (AvgIpc) is 3.16. The van der Waals surface area contributed by atoms with E-state index >= 15 is 0 Å². The summed E-state index contributed by atoms with van der Waals surface area (Å²) in [5.74, 6) is -0.105. The van der Waals surface area contributed by atoms with E-state index in [4.69, 9.17) is 0 Å². The second kappa shape index (κ2) is 9.05. The molecule has 0 aliphatic heterocycles. The molecule has 1 heterocycles.